The standard InChI is InChI=1S/C7H10O3/c1-3-2-4-5(6(4)8)7(9)10-3/h3-6,8H,2H2,1H3. The Bertz CT molecular complexity index is 178. The van der Waals surface area contributed by atoms with E-state index in [0.717, 1.165) is 6.42 Å². The average molecular weight is 142 g/mol. The van der Waals surface area contributed by atoms with Crippen molar-refractivity contribution in [2.45, 2.75) is 25.6 Å². The maximum atomic E-state index is 10.9. The Morgan fingerprint density at radius 3 is 3.00 bits per heavy atom. The van der Waals surface area contributed by atoms with Gasteiger partial charge in [-0.2, -0.15) is 0 Å². The highest BCUT2D eigenvalue weighted by molar-refractivity contribution is 5.78. The number of rotatable bonds is 0. The summed E-state index contributed by atoms with van der Waals surface area (Å²) in [6.45, 7) is 1.86. The molecule has 1 saturated heterocycles. The molecule has 0 spiro atoms. The van der Waals surface area contributed by atoms with Crippen LogP contribution in [0, 0.1) is 11.8 Å². The molecule has 0 aromatic rings. The number of hydrogen-bond donors (Lipinski definition) is 1. The average Bonchev–Trinajstić information content (AvgIpc) is 2.42. The summed E-state index contributed by atoms with van der Waals surface area (Å²) in [5, 5.41) is 9.11. The Morgan fingerprint density at radius 2 is 2.40 bits per heavy atom. The Labute approximate surface area is 59.0 Å². The number of hydrogen-bond acceptors (Lipinski definition) is 3. The summed E-state index contributed by atoms with van der Waals surface area (Å²) in [6.07, 6.45) is 0.431. The molecule has 4 unspecified atom stereocenters. The minimum absolute atomic E-state index is 0.00546. The number of aliphatic hydroxyl groups excluding tert-OH is 1. The highest BCUT2D eigenvalue weighted by atomic mass is 16.5. The van der Waals surface area contributed by atoms with Gasteiger partial charge in [0.05, 0.1) is 18.1 Å². The first-order valence-electron chi connectivity index (χ1n) is 3.58. The molecule has 10 heavy (non-hydrogen) atoms. The first-order valence-corrected chi connectivity index (χ1v) is 3.58. The largest absolute Gasteiger partial charge is 0.462 e. The van der Waals surface area contributed by atoms with E-state index in [1.807, 2.05) is 6.92 Å². The summed E-state index contributed by atoms with van der Waals surface area (Å²) in [7, 11) is 0. The molecular weight excluding hydrogens is 132 g/mol. The van der Waals surface area contributed by atoms with Crippen LogP contribution in [0.1, 0.15) is 13.3 Å². The Balaban J connectivity index is 2.09. The minimum atomic E-state index is -0.405. The normalized spacial score (nSPS) is 51.6. The smallest absolute Gasteiger partial charge is 0.312 e. The molecule has 1 heterocycles. The van der Waals surface area contributed by atoms with E-state index in [-0.39, 0.29) is 23.9 Å². The summed E-state index contributed by atoms with van der Waals surface area (Å²) in [4.78, 5) is 10.9. The van der Waals surface area contributed by atoms with Crippen molar-refractivity contribution in [1.29, 1.82) is 0 Å². The van der Waals surface area contributed by atoms with Crippen LogP contribution in [-0.2, 0) is 9.53 Å². The predicted molar refractivity (Wildman–Crippen MR) is 33.2 cm³/mol. The quantitative estimate of drug-likeness (QED) is 0.481. The van der Waals surface area contributed by atoms with Crippen molar-refractivity contribution in [1.82, 2.24) is 0 Å². The molecule has 4 atom stereocenters. The van der Waals surface area contributed by atoms with Crippen molar-refractivity contribution in [2.75, 3.05) is 0 Å². The van der Waals surface area contributed by atoms with E-state index >= 15 is 0 Å². The van der Waals surface area contributed by atoms with E-state index in [1.54, 1.807) is 0 Å². The molecular formula is C7H10O3. The maximum Gasteiger partial charge on any atom is 0.312 e. The van der Waals surface area contributed by atoms with Crippen LogP contribution in [-0.4, -0.2) is 23.3 Å². The molecule has 0 aromatic carbocycles. The van der Waals surface area contributed by atoms with Crippen molar-refractivity contribution >= 4 is 5.97 Å². The third-order valence-electron chi connectivity index (χ3n) is 2.32. The number of carbonyl (C=O) groups is 1. The molecule has 0 amide bonds. The van der Waals surface area contributed by atoms with E-state index in [9.17, 15) is 4.79 Å². The predicted octanol–water partition coefficient (Wildman–Crippen LogP) is -0.0713. The van der Waals surface area contributed by atoms with Crippen molar-refractivity contribution < 1.29 is 14.6 Å². The molecule has 56 valence electrons. The van der Waals surface area contributed by atoms with Gasteiger partial charge in [-0.15, -0.1) is 0 Å². The molecule has 1 aliphatic carbocycles. The van der Waals surface area contributed by atoms with Crippen LogP contribution in [0.15, 0.2) is 0 Å². The first kappa shape index (κ1) is 6.16. The molecule has 2 rings (SSSR count). The second-order valence-corrected chi connectivity index (χ2v) is 3.16. The van der Waals surface area contributed by atoms with Gasteiger partial charge in [-0.1, -0.05) is 0 Å². The van der Waals surface area contributed by atoms with Gasteiger partial charge in [-0.05, 0) is 13.3 Å². The van der Waals surface area contributed by atoms with Gasteiger partial charge in [-0.25, -0.2) is 0 Å². The third kappa shape index (κ3) is 0.669. The SMILES string of the molecule is CC1CC2C(O)C2C(=O)O1. The monoisotopic (exact) mass is 142 g/mol. The zero-order valence-electron chi connectivity index (χ0n) is 5.78. The fourth-order valence-corrected chi connectivity index (χ4v) is 1.66. The number of cyclic esters (lactones) is 1. The Morgan fingerprint density at radius 1 is 1.70 bits per heavy atom. The molecule has 1 N–H and O–H groups in total. The second kappa shape index (κ2) is 1.72. The fourth-order valence-electron chi connectivity index (χ4n) is 1.66. The van der Waals surface area contributed by atoms with Gasteiger partial charge in [0.1, 0.15) is 0 Å². The van der Waals surface area contributed by atoms with Gasteiger partial charge in [0, 0.05) is 5.92 Å². The summed E-state index contributed by atoms with van der Waals surface area (Å²) < 4.78 is 4.91. The van der Waals surface area contributed by atoms with E-state index in [1.165, 1.54) is 0 Å². The van der Waals surface area contributed by atoms with Crippen molar-refractivity contribution in [3.8, 4) is 0 Å². The van der Waals surface area contributed by atoms with Crippen LogP contribution in [0.25, 0.3) is 0 Å². The highest BCUT2D eigenvalue weighted by Crippen LogP contribution is 2.46. The lowest BCUT2D eigenvalue weighted by atomic mass is 10.1. The molecule has 0 bridgehead atoms. The topological polar surface area (TPSA) is 46.5 Å². The lowest BCUT2D eigenvalue weighted by Gasteiger charge is -2.16. The summed E-state index contributed by atoms with van der Waals surface area (Å²) in [6, 6.07) is 0. The van der Waals surface area contributed by atoms with Crippen molar-refractivity contribution in [3.05, 3.63) is 0 Å². The van der Waals surface area contributed by atoms with Gasteiger partial charge in [0.25, 0.3) is 0 Å². The maximum absolute atomic E-state index is 10.9. The molecule has 2 aliphatic rings. The van der Waals surface area contributed by atoms with Crippen molar-refractivity contribution in [3.63, 3.8) is 0 Å². The molecule has 0 radical (unpaired) electrons. The van der Waals surface area contributed by atoms with Gasteiger partial charge in [-0.3, -0.25) is 4.79 Å². The number of ether oxygens (including phenoxy) is 1. The molecule has 2 fully saturated rings. The van der Waals surface area contributed by atoms with Crippen LogP contribution < -0.4 is 0 Å². The van der Waals surface area contributed by atoms with E-state index in [0.29, 0.717) is 0 Å². The summed E-state index contributed by atoms with van der Waals surface area (Å²) >= 11 is 0. The molecule has 3 nitrogen and oxygen atoms in total. The molecule has 3 heteroatoms. The van der Waals surface area contributed by atoms with Gasteiger partial charge >= 0.3 is 5.97 Å². The zero-order chi connectivity index (χ0) is 7.30. The second-order valence-electron chi connectivity index (χ2n) is 3.16. The van der Waals surface area contributed by atoms with Crippen LogP contribution in [0.4, 0.5) is 0 Å². The fraction of sp³-hybridized carbons (Fsp3) is 0.857. The summed E-state index contributed by atoms with van der Waals surface area (Å²) in [5.74, 6) is -0.191. The third-order valence-corrected chi connectivity index (χ3v) is 2.32. The lowest BCUT2D eigenvalue weighted by Crippen LogP contribution is -2.22. The number of esters is 1. The van der Waals surface area contributed by atoms with Crippen LogP contribution in [0.5, 0.6) is 0 Å². The van der Waals surface area contributed by atoms with Gasteiger partial charge < -0.3 is 9.84 Å². The van der Waals surface area contributed by atoms with Gasteiger partial charge in [0.2, 0.25) is 0 Å². The molecule has 0 aromatic heterocycles. The van der Waals surface area contributed by atoms with Gasteiger partial charge in [0.15, 0.2) is 0 Å². The van der Waals surface area contributed by atoms with Crippen molar-refractivity contribution in [2.24, 2.45) is 11.8 Å². The zero-order valence-corrected chi connectivity index (χ0v) is 5.78. The Hall–Kier alpha value is -0.570. The van der Waals surface area contributed by atoms with Crippen LogP contribution >= 0.6 is 0 Å². The van der Waals surface area contributed by atoms with E-state index < -0.39 is 6.10 Å². The van der Waals surface area contributed by atoms with Crippen LogP contribution in [0.3, 0.4) is 0 Å². The molecule has 1 aliphatic heterocycles. The Kier molecular flexibility index (Phi) is 1.06. The van der Waals surface area contributed by atoms with Crippen LogP contribution in [0.2, 0.25) is 0 Å². The van der Waals surface area contributed by atoms with E-state index in [4.69, 9.17) is 9.84 Å². The molecule has 1 saturated carbocycles. The first-order chi connectivity index (χ1) is 4.70. The lowest BCUT2D eigenvalue weighted by molar-refractivity contribution is -0.154. The number of fused-ring (bicyclic) bond motifs is 1. The van der Waals surface area contributed by atoms with E-state index in [2.05, 4.69) is 0 Å². The number of aliphatic hydroxyl groups is 1. The number of carbonyl (C=O) groups excluding carboxylic acids is 1. The minimum Gasteiger partial charge on any atom is -0.462 e. The summed E-state index contributed by atoms with van der Waals surface area (Å²) in [5.41, 5.74) is 0. The highest BCUT2D eigenvalue weighted by Gasteiger charge is 2.58.